The second-order valence-electron chi connectivity index (χ2n) is 3.63. The number of oxazole rings is 1. The number of hydrogen-bond acceptors (Lipinski definition) is 4. The second-order valence-corrected chi connectivity index (χ2v) is 3.63. The molecule has 0 unspecified atom stereocenters. The number of rotatable bonds is 4. The van der Waals surface area contributed by atoms with Gasteiger partial charge in [0, 0.05) is 19.4 Å². The smallest absolute Gasteiger partial charge is 0.294 e. The van der Waals surface area contributed by atoms with Crippen molar-refractivity contribution in [3.05, 3.63) is 41.5 Å². The summed E-state index contributed by atoms with van der Waals surface area (Å²) in [5.41, 5.74) is 2.23. The van der Waals surface area contributed by atoms with Crippen LogP contribution in [0.3, 0.4) is 0 Å². The zero-order valence-electron chi connectivity index (χ0n) is 9.53. The molecule has 0 aliphatic heterocycles. The average Bonchev–Trinajstić information content (AvgIpc) is 2.69. The minimum atomic E-state index is 0.582. The normalized spacial score (nSPS) is 10.4. The van der Waals surface area contributed by atoms with Crippen molar-refractivity contribution in [1.82, 2.24) is 9.97 Å². The third-order valence-electron chi connectivity index (χ3n) is 2.48. The Bertz CT molecular complexity index is 451. The molecular weight excluding hydrogens is 202 g/mol. The van der Waals surface area contributed by atoms with E-state index in [1.54, 1.807) is 13.2 Å². The zero-order chi connectivity index (χ0) is 11.4. The van der Waals surface area contributed by atoms with E-state index >= 15 is 0 Å². The number of anilines is 1. The van der Waals surface area contributed by atoms with Gasteiger partial charge in [0.1, 0.15) is 5.76 Å². The molecule has 4 nitrogen and oxygen atoms in total. The van der Waals surface area contributed by atoms with Crippen LogP contribution in [0.2, 0.25) is 0 Å². The molecule has 16 heavy (non-hydrogen) atoms. The molecular formula is C12H15N3O. The lowest BCUT2D eigenvalue weighted by Crippen LogP contribution is -1.94. The second kappa shape index (κ2) is 4.79. The maximum Gasteiger partial charge on any atom is 0.294 e. The molecule has 0 bridgehead atoms. The van der Waals surface area contributed by atoms with E-state index in [9.17, 15) is 0 Å². The monoisotopic (exact) mass is 217 g/mol. The first-order chi connectivity index (χ1) is 7.79. The quantitative estimate of drug-likeness (QED) is 0.853. The fraction of sp³-hybridized carbons (Fsp3) is 0.333. The highest BCUT2D eigenvalue weighted by Gasteiger charge is 2.07. The van der Waals surface area contributed by atoms with Crippen LogP contribution in [0.5, 0.6) is 0 Å². The molecule has 0 fully saturated rings. The molecule has 0 amide bonds. The molecule has 0 spiro atoms. The van der Waals surface area contributed by atoms with E-state index in [0.29, 0.717) is 6.01 Å². The maximum atomic E-state index is 5.41. The summed E-state index contributed by atoms with van der Waals surface area (Å²) in [5.74, 6) is 0.883. The lowest BCUT2D eigenvalue weighted by atomic mass is 10.1. The number of aromatic nitrogens is 2. The van der Waals surface area contributed by atoms with Crippen molar-refractivity contribution in [2.24, 2.45) is 0 Å². The maximum absolute atomic E-state index is 5.41. The van der Waals surface area contributed by atoms with Crippen LogP contribution in [-0.4, -0.2) is 17.0 Å². The Kier molecular flexibility index (Phi) is 3.19. The SMILES string of the molecule is CNc1nc(CCc2cccnc2)c(C)o1. The van der Waals surface area contributed by atoms with Crippen molar-refractivity contribution in [3.8, 4) is 0 Å². The van der Waals surface area contributed by atoms with Crippen molar-refractivity contribution in [2.45, 2.75) is 19.8 Å². The van der Waals surface area contributed by atoms with Crippen molar-refractivity contribution >= 4 is 6.01 Å². The van der Waals surface area contributed by atoms with Crippen molar-refractivity contribution in [1.29, 1.82) is 0 Å². The van der Waals surface area contributed by atoms with Crippen LogP contribution in [0.15, 0.2) is 28.9 Å². The van der Waals surface area contributed by atoms with Crippen LogP contribution in [0, 0.1) is 6.92 Å². The van der Waals surface area contributed by atoms with E-state index in [1.165, 1.54) is 5.56 Å². The van der Waals surface area contributed by atoms with Gasteiger partial charge in [-0.15, -0.1) is 0 Å². The summed E-state index contributed by atoms with van der Waals surface area (Å²) in [6.45, 7) is 1.94. The Morgan fingerprint density at radius 3 is 2.88 bits per heavy atom. The van der Waals surface area contributed by atoms with E-state index in [0.717, 1.165) is 24.3 Å². The molecule has 2 aromatic rings. The van der Waals surface area contributed by atoms with Crippen LogP contribution >= 0.6 is 0 Å². The molecule has 0 atom stereocenters. The Labute approximate surface area is 94.7 Å². The van der Waals surface area contributed by atoms with Gasteiger partial charge in [-0.25, -0.2) is 0 Å². The summed E-state index contributed by atoms with van der Waals surface area (Å²) in [6, 6.07) is 4.60. The number of nitrogens with one attached hydrogen (secondary N) is 1. The van der Waals surface area contributed by atoms with Gasteiger partial charge in [-0.2, -0.15) is 4.98 Å². The fourth-order valence-electron chi connectivity index (χ4n) is 1.58. The highest BCUT2D eigenvalue weighted by atomic mass is 16.4. The average molecular weight is 217 g/mol. The molecule has 0 radical (unpaired) electrons. The Morgan fingerprint density at radius 2 is 2.25 bits per heavy atom. The summed E-state index contributed by atoms with van der Waals surface area (Å²) >= 11 is 0. The first-order valence-corrected chi connectivity index (χ1v) is 5.32. The Balaban J connectivity index is 2.02. The number of pyridine rings is 1. The van der Waals surface area contributed by atoms with Gasteiger partial charge in [-0.3, -0.25) is 4.98 Å². The summed E-state index contributed by atoms with van der Waals surface area (Å²) in [7, 11) is 1.80. The summed E-state index contributed by atoms with van der Waals surface area (Å²) in [4.78, 5) is 8.43. The van der Waals surface area contributed by atoms with Crippen molar-refractivity contribution < 1.29 is 4.42 Å². The largest absolute Gasteiger partial charge is 0.429 e. The van der Waals surface area contributed by atoms with E-state index in [4.69, 9.17) is 4.42 Å². The molecule has 2 aromatic heterocycles. The topological polar surface area (TPSA) is 51.0 Å². The molecule has 0 aliphatic carbocycles. The minimum absolute atomic E-state index is 0.582. The Morgan fingerprint density at radius 1 is 1.38 bits per heavy atom. The van der Waals surface area contributed by atoms with Crippen LogP contribution < -0.4 is 5.32 Å². The fourth-order valence-corrected chi connectivity index (χ4v) is 1.58. The summed E-state index contributed by atoms with van der Waals surface area (Å²) in [6.07, 6.45) is 5.48. The highest BCUT2D eigenvalue weighted by molar-refractivity contribution is 5.24. The van der Waals surface area contributed by atoms with E-state index in [-0.39, 0.29) is 0 Å². The van der Waals surface area contributed by atoms with Crippen LogP contribution in [-0.2, 0) is 12.8 Å². The van der Waals surface area contributed by atoms with Crippen LogP contribution in [0.1, 0.15) is 17.0 Å². The number of aryl methyl sites for hydroxylation is 3. The van der Waals surface area contributed by atoms with Gasteiger partial charge in [-0.1, -0.05) is 6.07 Å². The third-order valence-corrected chi connectivity index (χ3v) is 2.48. The predicted molar refractivity (Wildman–Crippen MR) is 62.4 cm³/mol. The summed E-state index contributed by atoms with van der Waals surface area (Å²) in [5, 5.41) is 2.90. The number of hydrogen-bond donors (Lipinski definition) is 1. The first kappa shape index (κ1) is 10.7. The standard InChI is InChI=1S/C12H15N3O/c1-9-11(15-12(13-2)16-9)6-5-10-4-3-7-14-8-10/h3-4,7-8H,5-6H2,1-2H3,(H,13,15). The molecule has 2 heterocycles. The number of nitrogens with zero attached hydrogens (tertiary/aromatic N) is 2. The van der Waals surface area contributed by atoms with Crippen LogP contribution in [0.25, 0.3) is 0 Å². The summed E-state index contributed by atoms with van der Waals surface area (Å²) < 4.78 is 5.41. The zero-order valence-corrected chi connectivity index (χ0v) is 9.53. The molecule has 0 aromatic carbocycles. The predicted octanol–water partition coefficient (Wildman–Crippen LogP) is 2.20. The molecule has 1 N–H and O–H groups in total. The van der Waals surface area contributed by atoms with Gasteiger partial charge in [-0.05, 0) is 31.4 Å². The third kappa shape index (κ3) is 2.39. The van der Waals surface area contributed by atoms with Gasteiger partial charge >= 0.3 is 0 Å². The van der Waals surface area contributed by atoms with E-state index < -0.39 is 0 Å². The molecule has 4 heteroatoms. The molecule has 84 valence electrons. The van der Waals surface area contributed by atoms with E-state index in [1.807, 2.05) is 19.2 Å². The lowest BCUT2D eigenvalue weighted by Gasteiger charge is -1.98. The van der Waals surface area contributed by atoms with Crippen molar-refractivity contribution in [2.75, 3.05) is 12.4 Å². The van der Waals surface area contributed by atoms with Gasteiger partial charge in [0.05, 0.1) is 5.69 Å². The molecule has 0 aliphatic rings. The van der Waals surface area contributed by atoms with E-state index in [2.05, 4.69) is 21.4 Å². The highest BCUT2D eigenvalue weighted by Crippen LogP contribution is 2.15. The van der Waals surface area contributed by atoms with Crippen molar-refractivity contribution in [3.63, 3.8) is 0 Å². The van der Waals surface area contributed by atoms with Gasteiger partial charge in [0.15, 0.2) is 0 Å². The first-order valence-electron chi connectivity index (χ1n) is 5.32. The van der Waals surface area contributed by atoms with Gasteiger partial charge in [0.25, 0.3) is 6.01 Å². The van der Waals surface area contributed by atoms with Gasteiger partial charge < -0.3 is 9.73 Å². The molecule has 0 saturated heterocycles. The minimum Gasteiger partial charge on any atom is -0.429 e. The Hall–Kier alpha value is -1.84. The van der Waals surface area contributed by atoms with Gasteiger partial charge in [0.2, 0.25) is 0 Å². The lowest BCUT2D eigenvalue weighted by molar-refractivity contribution is 0.540. The van der Waals surface area contributed by atoms with Crippen LogP contribution in [0.4, 0.5) is 6.01 Å². The molecule has 0 saturated carbocycles. The molecule has 2 rings (SSSR count).